The van der Waals surface area contributed by atoms with Gasteiger partial charge in [0.25, 0.3) is 0 Å². The maximum atomic E-state index is 11.5. The minimum absolute atomic E-state index is 0. The Balaban J connectivity index is 0.00000372. The van der Waals surface area contributed by atoms with Gasteiger partial charge in [-0.1, -0.05) is 18.2 Å². The normalized spacial score (nSPS) is 19.8. The van der Waals surface area contributed by atoms with E-state index in [1.807, 2.05) is 30.3 Å². The third kappa shape index (κ3) is 5.73. The Morgan fingerprint density at radius 3 is 2.26 bits per heavy atom. The molecular formula is C37H41IN2O6. The fourth-order valence-electron chi connectivity index (χ4n) is 7.27. The molecule has 46 heavy (non-hydrogen) atoms. The first-order valence-corrected chi connectivity index (χ1v) is 15.6. The highest BCUT2D eigenvalue weighted by atomic mass is 127. The van der Waals surface area contributed by atoms with Crippen molar-refractivity contribution in [1.29, 1.82) is 0 Å². The van der Waals surface area contributed by atoms with E-state index >= 15 is 0 Å². The second-order valence-corrected chi connectivity index (χ2v) is 13.1. The molecule has 6 bridgehead atoms. The zero-order valence-electron chi connectivity index (χ0n) is 27.0. The van der Waals surface area contributed by atoms with Crippen LogP contribution in [0.4, 0.5) is 0 Å². The third-order valence-corrected chi connectivity index (χ3v) is 9.99. The van der Waals surface area contributed by atoms with Crippen LogP contribution in [0.15, 0.2) is 60.7 Å². The van der Waals surface area contributed by atoms with Gasteiger partial charge in [0, 0.05) is 25.4 Å². The van der Waals surface area contributed by atoms with E-state index in [-0.39, 0.29) is 47.6 Å². The number of aromatic hydroxyl groups is 2. The van der Waals surface area contributed by atoms with Crippen LogP contribution in [-0.2, 0) is 25.7 Å². The lowest BCUT2D eigenvalue weighted by Gasteiger charge is -2.43. The van der Waals surface area contributed by atoms with Crippen molar-refractivity contribution in [3.8, 4) is 46.0 Å². The summed E-state index contributed by atoms with van der Waals surface area (Å²) in [5.41, 5.74) is 6.66. The van der Waals surface area contributed by atoms with Gasteiger partial charge in [-0.15, -0.1) is 0 Å². The molecule has 242 valence electrons. The first-order valence-electron chi connectivity index (χ1n) is 15.6. The summed E-state index contributed by atoms with van der Waals surface area (Å²) >= 11 is 0. The van der Waals surface area contributed by atoms with E-state index in [0.29, 0.717) is 45.4 Å². The first kappa shape index (κ1) is 32.3. The molecule has 0 spiro atoms. The molecule has 4 aromatic rings. The van der Waals surface area contributed by atoms with Gasteiger partial charge in [0.15, 0.2) is 34.5 Å². The van der Waals surface area contributed by atoms with Gasteiger partial charge >= 0.3 is 0 Å². The van der Waals surface area contributed by atoms with Crippen LogP contribution >= 0.6 is 0 Å². The summed E-state index contributed by atoms with van der Waals surface area (Å²) in [7, 11) is 9.80. The number of likely N-dealkylation sites (N-methyl/N-ethyl adjacent to an activating group) is 2. The minimum Gasteiger partial charge on any atom is -1.00 e. The zero-order valence-corrected chi connectivity index (χ0v) is 29.1. The molecule has 8 rings (SSSR count). The van der Waals surface area contributed by atoms with Crippen LogP contribution < -0.4 is 42.9 Å². The van der Waals surface area contributed by atoms with E-state index in [9.17, 15) is 10.2 Å². The molecule has 4 aromatic carbocycles. The summed E-state index contributed by atoms with van der Waals surface area (Å²) in [6.07, 6.45) is 3.16. The Kier molecular flexibility index (Phi) is 8.77. The van der Waals surface area contributed by atoms with Gasteiger partial charge in [0.2, 0.25) is 5.75 Å². The summed E-state index contributed by atoms with van der Waals surface area (Å²) in [6.45, 7) is 1.84. The van der Waals surface area contributed by atoms with Crippen LogP contribution in [0.1, 0.15) is 45.5 Å². The molecule has 8 nitrogen and oxygen atoms in total. The Morgan fingerprint density at radius 2 is 1.52 bits per heavy atom. The number of methoxy groups -OCH3 is 2. The lowest BCUT2D eigenvalue weighted by atomic mass is 9.86. The molecular weight excluding hydrogens is 695 g/mol. The van der Waals surface area contributed by atoms with Gasteiger partial charge in [-0.05, 0) is 90.2 Å². The van der Waals surface area contributed by atoms with E-state index in [1.165, 1.54) is 16.7 Å². The Labute approximate surface area is 287 Å². The number of hydrogen-bond donors (Lipinski definition) is 2. The molecule has 4 aliphatic rings. The monoisotopic (exact) mass is 736 g/mol. The molecule has 0 saturated heterocycles. The average molecular weight is 737 g/mol. The molecule has 0 unspecified atom stereocenters. The molecule has 0 aliphatic carbocycles. The molecule has 2 atom stereocenters. The first-order chi connectivity index (χ1) is 21.6. The van der Waals surface area contributed by atoms with E-state index in [1.54, 1.807) is 20.3 Å². The lowest BCUT2D eigenvalue weighted by molar-refractivity contribution is -0.923. The second-order valence-electron chi connectivity index (χ2n) is 13.1. The van der Waals surface area contributed by atoms with Gasteiger partial charge in [0.05, 0.1) is 40.4 Å². The van der Waals surface area contributed by atoms with E-state index < -0.39 is 0 Å². The van der Waals surface area contributed by atoms with Crippen LogP contribution in [0.2, 0.25) is 0 Å². The van der Waals surface area contributed by atoms with Crippen molar-refractivity contribution in [1.82, 2.24) is 4.90 Å². The van der Waals surface area contributed by atoms with Crippen molar-refractivity contribution in [2.24, 2.45) is 0 Å². The predicted molar refractivity (Wildman–Crippen MR) is 172 cm³/mol. The third-order valence-electron chi connectivity index (χ3n) is 9.99. The molecule has 2 N–H and O–H groups in total. The van der Waals surface area contributed by atoms with Crippen molar-refractivity contribution in [2.45, 2.75) is 37.8 Å². The lowest BCUT2D eigenvalue weighted by Crippen LogP contribution is -3.00. The fourth-order valence-corrected chi connectivity index (χ4v) is 7.27. The number of quaternary nitrogens is 1. The quantitative estimate of drug-likeness (QED) is 0.240. The molecule has 0 amide bonds. The summed E-state index contributed by atoms with van der Waals surface area (Å²) < 4.78 is 25.2. The summed E-state index contributed by atoms with van der Waals surface area (Å²) in [6, 6.07) is 19.9. The molecule has 4 aliphatic heterocycles. The maximum absolute atomic E-state index is 11.5. The van der Waals surface area contributed by atoms with E-state index in [2.05, 4.69) is 50.3 Å². The van der Waals surface area contributed by atoms with Crippen molar-refractivity contribution < 1.29 is 57.6 Å². The maximum Gasteiger partial charge on any atom is 0.201 e. The van der Waals surface area contributed by atoms with Crippen molar-refractivity contribution >= 4 is 0 Å². The van der Waals surface area contributed by atoms with Crippen LogP contribution in [0, 0.1) is 0 Å². The Morgan fingerprint density at radius 1 is 0.804 bits per heavy atom. The number of fused-ring (bicyclic) bond motifs is 2. The minimum atomic E-state index is -0.0503. The summed E-state index contributed by atoms with van der Waals surface area (Å²) in [5, 5.41) is 22.4. The van der Waals surface area contributed by atoms with Crippen LogP contribution in [0.5, 0.6) is 46.0 Å². The number of phenolic OH excluding ortho intramolecular Hbond substituents is 2. The SMILES string of the molecule is COc1cc2c3cc1Oc1cc(ccc1O)C[C@@H]1c4c(cc(OC)c(O)c4Oc4ccc(cc4)C[C@@H]3N(C)CC2)CC[N+]1(C)C.[I-]. The Hall–Kier alpha value is -3.67. The number of phenols is 2. The smallest absolute Gasteiger partial charge is 0.201 e. The largest absolute Gasteiger partial charge is 1.00 e. The fraction of sp³-hybridized carbons (Fsp3) is 0.351. The van der Waals surface area contributed by atoms with E-state index in [4.69, 9.17) is 18.9 Å². The topological polar surface area (TPSA) is 80.6 Å². The number of rotatable bonds is 2. The van der Waals surface area contributed by atoms with Gasteiger partial charge in [-0.3, -0.25) is 4.90 Å². The van der Waals surface area contributed by atoms with Gasteiger partial charge in [-0.2, -0.15) is 0 Å². The second kappa shape index (κ2) is 12.5. The van der Waals surface area contributed by atoms with Crippen molar-refractivity contribution in [2.75, 3.05) is 48.5 Å². The van der Waals surface area contributed by atoms with Gasteiger partial charge < -0.3 is 57.6 Å². The summed E-state index contributed by atoms with van der Waals surface area (Å²) in [4.78, 5) is 2.38. The number of hydrogen-bond acceptors (Lipinski definition) is 7. The molecule has 0 saturated carbocycles. The predicted octanol–water partition coefficient (Wildman–Crippen LogP) is 3.71. The van der Waals surface area contributed by atoms with Crippen LogP contribution in [0.25, 0.3) is 0 Å². The zero-order chi connectivity index (χ0) is 31.5. The highest BCUT2D eigenvalue weighted by molar-refractivity contribution is 5.61. The Bertz CT molecular complexity index is 1770. The number of ether oxygens (including phenoxy) is 4. The van der Waals surface area contributed by atoms with Crippen LogP contribution in [-0.4, -0.2) is 68.0 Å². The molecule has 9 heteroatoms. The standard InChI is InChI=1S/C37H40N2O6.HI/c1-38-14-12-24-19-32(42-4)33-21-27(24)28(38)16-22-6-9-26(10-7-22)44-37-35-25(20-34(43-5)36(37)41)13-15-39(2,3)29(35)17-23-8-11-30(40)31(18-23)45-33;/h6-11,18-21,28-29H,12-17H2,1-5H3,(H-,40,41);1H/t28-,29+;/m0./s1. The van der Waals surface area contributed by atoms with Crippen molar-refractivity contribution in [3.63, 3.8) is 0 Å². The highest BCUT2D eigenvalue weighted by Gasteiger charge is 2.41. The summed E-state index contributed by atoms with van der Waals surface area (Å²) in [5.74, 6) is 3.14. The highest BCUT2D eigenvalue weighted by Crippen LogP contribution is 2.51. The van der Waals surface area contributed by atoms with Gasteiger partial charge in [-0.25, -0.2) is 0 Å². The average Bonchev–Trinajstić information content (AvgIpc) is 3.03. The van der Waals surface area contributed by atoms with Crippen LogP contribution in [0.3, 0.4) is 0 Å². The number of benzene rings is 4. The molecule has 4 heterocycles. The molecule has 0 radical (unpaired) electrons. The van der Waals surface area contributed by atoms with Crippen molar-refractivity contribution in [3.05, 3.63) is 94.0 Å². The molecule has 0 fully saturated rings. The molecule has 0 aromatic heterocycles. The number of nitrogens with zero attached hydrogens (tertiary/aromatic N) is 2. The number of halogens is 1. The van der Waals surface area contributed by atoms with E-state index in [0.717, 1.165) is 49.0 Å². The van der Waals surface area contributed by atoms with Gasteiger partial charge in [0.1, 0.15) is 11.8 Å².